The van der Waals surface area contributed by atoms with E-state index in [2.05, 4.69) is 35.7 Å². The molecule has 1 atom stereocenters. The Labute approximate surface area is 120 Å². The third-order valence-corrected chi connectivity index (χ3v) is 3.20. The largest absolute Gasteiger partial charge is 0.383 e. The summed E-state index contributed by atoms with van der Waals surface area (Å²) in [4.78, 5) is 0. The lowest BCUT2D eigenvalue weighted by Crippen LogP contribution is -2.37. The maximum atomic E-state index is 5.26. The van der Waals surface area contributed by atoms with Crippen molar-refractivity contribution >= 4 is 0 Å². The molecule has 1 aromatic carbocycles. The van der Waals surface area contributed by atoms with E-state index >= 15 is 0 Å². The van der Waals surface area contributed by atoms with Gasteiger partial charge in [-0.15, -0.1) is 0 Å². The summed E-state index contributed by atoms with van der Waals surface area (Å²) < 4.78 is 7.24. The van der Waals surface area contributed by atoms with E-state index in [1.807, 2.05) is 29.1 Å². The smallest absolute Gasteiger partial charge is 0.0633 e. The van der Waals surface area contributed by atoms with Crippen molar-refractivity contribution in [3.05, 3.63) is 42.7 Å². The van der Waals surface area contributed by atoms with Crippen molar-refractivity contribution in [2.75, 3.05) is 20.3 Å². The zero-order valence-electron chi connectivity index (χ0n) is 12.2. The van der Waals surface area contributed by atoms with Gasteiger partial charge in [-0.2, -0.15) is 5.10 Å². The summed E-state index contributed by atoms with van der Waals surface area (Å²) in [5, 5.41) is 7.93. The van der Waals surface area contributed by atoms with E-state index in [0.717, 1.165) is 25.1 Å². The number of rotatable bonds is 8. The van der Waals surface area contributed by atoms with E-state index < -0.39 is 0 Å². The molecule has 0 saturated carbocycles. The molecule has 0 bridgehead atoms. The van der Waals surface area contributed by atoms with Gasteiger partial charge in [0.2, 0.25) is 0 Å². The van der Waals surface area contributed by atoms with Crippen LogP contribution in [0.15, 0.2) is 42.7 Å². The fraction of sp³-hybridized carbons (Fsp3) is 0.438. The molecule has 2 rings (SSSR count). The molecule has 0 fully saturated rings. The quantitative estimate of drug-likeness (QED) is 0.803. The van der Waals surface area contributed by atoms with Crippen molar-refractivity contribution in [1.29, 1.82) is 0 Å². The summed E-state index contributed by atoms with van der Waals surface area (Å²) in [6.07, 6.45) is 5.12. The van der Waals surface area contributed by atoms with Crippen LogP contribution in [0, 0.1) is 0 Å². The fourth-order valence-corrected chi connectivity index (χ4v) is 2.19. The average Bonchev–Trinajstić information content (AvgIpc) is 2.94. The maximum absolute atomic E-state index is 5.26. The van der Waals surface area contributed by atoms with Gasteiger partial charge in [-0.3, -0.25) is 4.68 Å². The van der Waals surface area contributed by atoms with Crippen LogP contribution in [0.1, 0.15) is 13.3 Å². The Hall–Kier alpha value is -1.65. The lowest BCUT2D eigenvalue weighted by atomic mass is 10.1. The molecule has 1 heterocycles. The average molecular weight is 273 g/mol. The molecule has 1 unspecified atom stereocenters. The van der Waals surface area contributed by atoms with Crippen molar-refractivity contribution in [2.45, 2.75) is 25.9 Å². The normalized spacial score (nSPS) is 12.5. The van der Waals surface area contributed by atoms with Gasteiger partial charge in [-0.25, -0.2) is 0 Å². The molecule has 108 valence electrons. The number of benzene rings is 1. The predicted octanol–water partition coefficient (Wildman–Crippen LogP) is 2.56. The molecule has 0 spiro atoms. The fourth-order valence-electron chi connectivity index (χ4n) is 2.19. The van der Waals surface area contributed by atoms with Crippen LogP contribution >= 0.6 is 0 Å². The number of nitrogens with zero attached hydrogens (tertiary/aromatic N) is 2. The molecule has 4 nitrogen and oxygen atoms in total. The molecule has 0 aliphatic carbocycles. The van der Waals surface area contributed by atoms with Crippen molar-refractivity contribution in [2.24, 2.45) is 0 Å². The van der Waals surface area contributed by atoms with Gasteiger partial charge in [-0.1, -0.05) is 37.3 Å². The minimum atomic E-state index is 0.295. The van der Waals surface area contributed by atoms with Crippen LogP contribution in [0.25, 0.3) is 11.1 Å². The molecule has 0 amide bonds. The summed E-state index contributed by atoms with van der Waals surface area (Å²) in [5.74, 6) is 0. The van der Waals surface area contributed by atoms with Crippen molar-refractivity contribution in [1.82, 2.24) is 15.1 Å². The number of methoxy groups -OCH3 is 1. The van der Waals surface area contributed by atoms with E-state index in [4.69, 9.17) is 4.74 Å². The first kappa shape index (κ1) is 14.8. The number of aromatic nitrogens is 2. The zero-order valence-corrected chi connectivity index (χ0v) is 12.2. The highest BCUT2D eigenvalue weighted by molar-refractivity contribution is 5.61. The summed E-state index contributed by atoms with van der Waals surface area (Å²) >= 11 is 0. The molecule has 2 aromatic rings. The highest BCUT2D eigenvalue weighted by atomic mass is 16.5. The monoisotopic (exact) mass is 273 g/mol. The van der Waals surface area contributed by atoms with Gasteiger partial charge in [0.1, 0.15) is 0 Å². The Morgan fingerprint density at radius 1 is 1.25 bits per heavy atom. The minimum absolute atomic E-state index is 0.295. The van der Waals surface area contributed by atoms with Crippen LogP contribution in [-0.4, -0.2) is 36.1 Å². The third-order valence-electron chi connectivity index (χ3n) is 3.20. The minimum Gasteiger partial charge on any atom is -0.383 e. The van der Waals surface area contributed by atoms with Crippen molar-refractivity contribution < 1.29 is 4.74 Å². The molecule has 0 aliphatic rings. The number of nitrogens with one attached hydrogen (secondary N) is 1. The van der Waals surface area contributed by atoms with Gasteiger partial charge >= 0.3 is 0 Å². The summed E-state index contributed by atoms with van der Waals surface area (Å²) in [6.45, 7) is 4.68. The standard InChI is InChI=1S/C16H23N3O/c1-3-9-17-16(13-20-2)12-19-11-15(10-18-19)14-7-5-4-6-8-14/h4-8,10-11,16-17H,3,9,12-13H2,1-2H3. The number of ether oxygens (including phenoxy) is 1. The SMILES string of the molecule is CCCNC(COC)Cn1cc(-c2ccccc2)cn1. The molecule has 0 aliphatic heterocycles. The van der Waals surface area contributed by atoms with E-state index in [1.165, 1.54) is 5.56 Å². The molecule has 0 saturated heterocycles. The van der Waals surface area contributed by atoms with Crippen molar-refractivity contribution in [3.63, 3.8) is 0 Å². The van der Waals surface area contributed by atoms with Gasteiger partial charge in [0, 0.05) is 18.9 Å². The van der Waals surface area contributed by atoms with Gasteiger partial charge in [-0.05, 0) is 18.5 Å². The Morgan fingerprint density at radius 3 is 2.75 bits per heavy atom. The van der Waals surface area contributed by atoms with Crippen LogP contribution in [0.5, 0.6) is 0 Å². The molecular formula is C16H23N3O. The number of hydrogen-bond donors (Lipinski definition) is 1. The van der Waals surface area contributed by atoms with E-state index in [1.54, 1.807) is 7.11 Å². The molecule has 1 N–H and O–H groups in total. The first-order valence-electron chi connectivity index (χ1n) is 7.13. The van der Waals surface area contributed by atoms with E-state index in [9.17, 15) is 0 Å². The molecule has 0 radical (unpaired) electrons. The molecular weight excluding hydrogens is 250 g/mol. The van der Waals surface area contributed by atoms with Gasteiger partial charge in [0.15, 0.2) is 0 Å². The number of hydrogen-bond acceptors (Lipinski definition) is 3. The Bertz CT molecular complexity index is 495. The molecule has 1 aromatic heterocycles. The molecule has 4 heteroatoms. The highest BCUT2D eigenvalue weighted by Crippen LogP contribution is 2.17. The second-order valence-corrected chi connectivity index (χ2v) is 4.92. The summed E-state index contributed by atoms with van der Waals surface area (Å²) in [6, 6.07) is 10.6. The Kier molecular flexibility index (Phi) is 5.77. The topological polar surface area (TPSA) is 39.1 Å². The lowest BCUT2D eigenvalue weighted by molar-refractivity contribution is 0.157. The van der Waals surface area contributed by atoms with Crippen LogP contribution < -0.4 is 5.32 Å². The van der Waals surface area contributed by atoms with Crippen LogP contribution in [0.2, 0.25) is 0 Å². The van der Waals surface area contributed by atoms with E-state index in [-0.39, 0.29) is 0 Å². The highest BCUT2D eigenvalue weighted by Gasteiger charge is 2.09. The summed E-state index contributed by atoms with van der Waals surface area (Å²) in [5.41, 5.74) is 2.35. The van der Waals surface area contributed by atoms with Crippen LogP contribution in [0.3, 0.4) is 0 Å². The Balaban J connectivity index is 2.00. The second kappa shape index (κ2) is 7.82. The third kappa shape index (κ3) is 4.18. The van der Waals surface area contributed by atoms with Crippen molar-refractivity contribution in [3.8, 4) is 11.1 Å². The Morgan fingerprint density at radius 2 is 2.05 bits per heavy atom. The summed E-state index contributed by atoms with van der Waals surface area (Å²) in [7, 11) is 1.74. The molecule has 20 heavy (non-hydrogen) atoms. The van der Waals surface area contributed by atoms with Gasteiger partial charge in [0.05, 0.1) is 25.4 Å². The van der Waals surface area contributed by atoms with Gasteiger partial charge < -0.3 is 10.1 Å². The first-order valence-corrected chi connectivity index (χ1v) is 7.13. The maximum Gasteiger partial charge on any atom is 0.0633 e. The predicted molar refractivity (Wildman–Crippen MR) is 81.6 cm³/mol. The van der Waals surface area contributed by atoms with Crippen LogP contribution in [0.4, 0.5) is 0 Å². The van der Waals surface area contributed by atoms with Crippen LogP contribution in [-0.2, 0) is 11.3 Å². The zero-order chi connectivity index (χ0) is 14.2. The van der Waals surface area contributed by atoms with Gasteiger partial charge in [0.25, 0.3) is 0 Å². The lowest BCUT2D eigenvalue weighted by Gasteiger charge is -2.17. The van der Waals surface area contributed by atoms with E-state index in [0.29, 0.717) is 12.6 Å². The first-order chi connectivity index (χ1) is 9.83. The second-order valence-electron chi connectivity index (χ2n) is 4.92.